The molecule has 2 aliphatic rings. The Morgan fingerprint density at radius 3 is 2.34 bits per heavy atom. The van der Waals surface area contributed by atoms with Gasteiger partial charge in [0.1, 0.15) is 11.4 Å². The molecule has 7 nitrogen and oxygen atoms in total. The van der Waals surface area contributed by atoms with Crippen LogP contribution in [-0.4, -0.2) is 67.2 Å². The summed E-state index contributed by atoms with van der Waals surface area (Å²) in [5.74, 6) is 0.863. The normalized spacial score (nSPS) is 19.3. The van der Waals surface area contributed by atoms with Crippen molar-refractivity contribution in [3.8, 4) is 5.75 Å². The Balaban J connectivity index is 1.58. The summed E-state index contributed by atoms with van der Waals surface area (Å²) in [4.78, 5) is 29.4. The van der Waals surface area contributed by atoms with Gasteiger partial charge < -0.3 is 19.7 Å². The van der Waals surface area contributed by atoms with Crippen molar-refractivity contribution in [2.75, 3.05) is 39.8 Å². The highest BCUT2D eigenvalue weighted by atomic mass is 16.6. The van der Waals surface area contributed by atoms with Crippen molar-refractivity contribution < 1.29 is 19.1 Å². The van der Waals surface area contributed by atoms with E-state index in [4.69, 9.17) is 9.47 Å². The summed E-state index contributed by atoms with van der Waals surface area (Å²) in [6.07, 6.45) is 4.66. The van der Waals surface area contributed by atoms with Crippen LogP contribution in [0.4, 0.5) is 4.79 Å². The lowest BCUT2D eigenvalue weighted by atomic mass is 9.95. The monoisotopic (exact) mass is 445 g/mol. The average Bonchev–Trinajstić information content (AvgIpc) is 2.79. The number of benzene rings is 1. The highest BCUT2D eigenvalue weighted by molar-refractivity contribution is 5.79. The minimum atomic E-state index is -0.507. The maximum Gasteiger partial charge on any atom is 0.410 e. The number of hydrogen-bond donors (Lipinski definition) is 1. The van der Waals surface area contributed by atoms with Gasteiger partial charge in [-0.15, -0.1) is 0 Å². The Bertz CT molecular complexity index is 763. The summed E-state index contributed by atoms with van der Waals surface area (Å²) in [6.45, 7) is 9.33. The van der Waals surface area contributed by atoms with Gasteiger partial charge in [0.25, 0.3) is 0 Å². The molecule has 1 unspecified atom stereocenters. The highest BCUT2D eigenvalue weighted by Gasteiger charge is 2.31. The molecule has 3 rings (SSSR count). The van der Waals surface area contributed by atoms with Gasteiger partial charge >= 0.3 is 6.09 Å². The molecule has 2 saturated heterocycles. The molecule has 1 N–H and O–H groups in total. The number of para-hydroxylation sites is 1. The molecule has 32 heavy (non-hydrogen) atoms. The van der Waals surface area contributed by atoms with E-state index in [9.17, 15) is 9.59 Å². The Labute approximate surface area is 192 Å². The summed E-state index contributed by atoms with van der Waals surface area (Å²) in [5.41, 5.74) is 0.615. The number of nitrogens with zero attached hydrogens (tertiary/aromatic N) is 2. The molecule has 1 atom stereocenters. The van der Waals surface area contributed by atoms with Gasteiger partial charge in [-0.05, 0) is 65.6 Å². The number of hydrogen-bond acceptors (Lipinski definition) is 5. The number of rotatable bonds is 6. The van der Waals surface area contributed by atoms with Crippen LogP contribution in [0.3, 0.4) is 0 Å². The number of likely N-dealkylation sites (tertiary alicyclic amines) is 2. The van der Waals surface area contributed by atoms with Gasteiger partial charge in [-0.3, -0.25) is 9.69 Å². The third-order valence-corrected chi connectivity index (χ3v) is 6.32. The Morgan fingerprint density at radius 2 is 1.72 bits per heavy atom. The first kappa shape index (κ1) is 24.4. The summed E-state index contributed by atoms with van der Waals surface area (Å²) in [6, 6.07) is 8.19. The molecule has 2 heterocycles. The van der Waals surface area contributed by atoms with Crippen molar-refractivity contribution in [2.24, 2.45) is 5.92 Å². The van der Waals surface area contributed by atoms with Crippen LogP contribution < -0.4 is 10.1 Å². The van der Waals surface area contributed by atoms with E-state index in [-0.39, 0.29) is 24.0 Å². The van der Waals surface area contributed by atoms with Crippen molar-refractivity contribution in [3.05, 3.63) is 29.8 Å². The van der Waals surface area contributed by atoms with Gasteiger partial charge in [-0.1, -0.05) is 24.6 Å². The number of ether oxygens (including phenoxy) is 2. The van der Waals surface area contributed by atoms with E-state index >= 15 is 0 Å². The Morgan fingerprint density at radius 1 is 1.06 bits per heavy atom. The Hall–Kier alpha value is -2.28. The highest BCUT2D eigenvalue weighted by Crippen LogP contribution is 2.31. The topological polar surface area (TPSA) is 71.1 Å². The zero-order chi connectivity index (χ0) is 23.1. The predicted octanol–water partition coefficient (Wildman–Crippen LogP) is 3.99. The first-order valence-electron chi connectivity index (χ1n) is 11.9. The van der Waals surface area contributed by atoms with Gasteiger partial charge in [-0.25, -0.2) is 4.79 Å². The first-order chi connectivity index (χ1) is 15.3. The molecule has 0 aromatic heterocycles. The second-order valence-corrected chi connectivity index (χ2v) is 9.84. The number of amides is 2. The molecule has 2 aliphatic heterocycles. The smallest absolute Gasteiger partial charge is 0.410 e. The van der Waals surface area contributed by atoms with Crippen molar-refractivity contribution in [3.63, 3.8) is 0 Å². The molecule has 0 bridgehead atoms. The van der Waals surface area contributed by atoms with E-state index in [1.165, 1.54) is 19.3 Å². The quantitative estimate of drug-likeness (QED) is 0.717. The van der Waals surface area contributed by atoms with Gasteiger partial charge in [0.05, 0.1) is 13.2 Å². The maximum absolute atomic E-state index is 13.0. The summed E-state index contributed by atoms with van der Waals surface area (Å²) < 4.78 is 11.1. The predicted molar refractivity (Wildman–Crippen MR) is 125 cm³/mol. The van der Waals surface area contributed by atoms with Crippen LogP contribution in [0.15, 0.2) is 24.3 Å². The van der Waals surface area contributed by atoms with E-state index in [1.54, 1.807) is 12.0 Å². The lowest BCUT2D eigenvalue weighted by Gasteiger charge is -2.36. The van der Waals surface area contributed by atoms with Crippen LogP contribution in [0.25, 0.3) is 0 Å². The van der Waals surface area contributed by atoms with E-state index in [2.05, 4.69) is 16.3 Å². The molecule has 0 spiro atoms. The molecule has 0 radical (unpaired) electrons. The molecule has 0 saturated carbocycles. The molecule has 2 amide bonds. The third-order valence-electron chi connectivity index (χ3n) is 6.32. The summed E-state index contributed by atoms with van der Waals surface area (Å²) >= 11 is 0. The van der Waals surface area contributed by atoms with Crippen LogP contribution in [-0.2, 0) is 9.53 Å². The third kappa shape index (κ3) is 6.61. The Kier molecular flexibility index (Phi) is 8.40. The molecule has 1 aromatic rings. The minimum Gasteiger partial charge on any atom is -0.496 e. The number of carbonyl (C=O) groups excluding carboxylic acids is 2. The van der Waals surface area contributed by atoms with Gasteiger partial charge in [0.2, 0.25) is 5.91 Å². The standard InChI is InChI=1S/C25H39N3O4/c1-25(2,3)32-24(30)28-16-12-19(13-17-28)23(29)26-18-21(27-14-8-5-9-15-27)20-10-6-7-11-22(20)31-4/h6-7,10-11,19,21H,5,8-9,12-18H2,1-4H3,(H,26,29). The van der Waals surface area contributed by atoms with Crippen LogP contribution in [0.5, 0.6) is 5.75 Å². The number of methoxy groups -OCH3 is 1. The molecular formula is C25H39N3O4. The number of piperidine rings is 2. The lowest BCUT2D eigenvalue weighted by Crippen LogP contribution is -2.46. The van der Waals surface area contributed by atoms with Gasteiger partial charge in [0, 0.05) is 31.1 Å². The van der Waals surface area contributed by atoms with Crippen molar-refractivity contribution in [1.29, 1.82) is 0 Å². The first-order valence-corrected chi connectivity index (χ1v) is 11.9. The van der Waals surface area contributed by atoms with Crippen LogP contribution in [0, 0.1) is 5.92 Å². The number of carbonyl (C=O) groups is 2. The molecule has 7 heteroatoms. The van der Waals surface area contributed by atoms with E-state index in [1.807, 2.05) is 39.0 Å². The molecule has 1 aromatic carbocycles. The largest absolute Gasteiger partial charge is 0.496 e. The second kappa shape index (κ2) is 11.0. The molecular weight excluding hydrogens is 406 g/mol. The number of nitrogens with one attached hydrogen (secondary N) is 1. The summed E-state index contributed by atoms with van der Waals surface area (Å²) in [7, 11) is 1.70. The van der Waals surface area contributed by atoms with Crippen LogP contribution in [0.1, 0.15) is 64.5 Å². The second-order valence-electron chi connectivity index (χ2n) is 9.84. The van der Waals surface area contributed by atoms with E-state index < -0.39 is 5.60 Å². The maximum atomic E-state index is 13.0. The fourth-order valence-corrected chi connectivity index (χ4v) is 4.60. The van der Waals surface area contributed by atoms with E-state index in [0.29, 0.717) is 32.5 Å². The summed E-state index contributed by atoms with van der Waals surface area (Å²) in [5, 5.41) is 3.21. The zero-order valence-corrected chi connectivity index (χ0v) is 20.1. The molecule has 2 fully saturated rings. The van der Waals surface area contributed by atoms with Crippen LogP contribution >= 0.6 is 0 Å². The van der Waals surface area contributed by atoms with Gasteiger partial charge in [-0.2, -0.15) is 0 Å². The lowest BCUT2D eigenvalue weighted by molar-refractivity contribution is -0.126. The fourth-order valence-electron chi connectivity index (χ4n) is 4.60. The zero-order valence-electron chi connectivity index (χ0n) is 20.1. The van der Waals surface area contributed by atoms with Gasteiger partial charge in [0.15, 0.2) is 0 Å². The SMILES string of the molecule is COc1ccccc1C(CNC(=O)C1CCN(C(=O)OC(C)(C)C)CC1)N1CCCCC1. The van der Waals surface area contributed by atoms with Crippen LogP contribution in [0.2, 0.25) is 0 Å². The molecule has 0 aliphatic carbocycles. The van der Waals surface area contributed by atoms with Crippen molar-refractivity contribution >= 4 is 12.0 Å². The fraction of sp³-hybridized carbons (Fsp3) is 0.680. The minimum absolute atomic E-state index is 0.0748. The molecule has 178 valence electrons. The van der Waals surface area contributed by atoms with E-state index in [0.717, 1.165) is 24.4 Å². The average molecular weight is 446 g/mol. The van der Waals surface area contributed by atoms with Crippen molar-refractivity contribution in [2.45, 2.75) is 64.5 Å². The van der Waals surface area contributed by atoms with Crippen molar-refractivity contribution in [1.82, 2.24) is 15.1 Å².